The third-order valence-corrected chi connectivity index (χ3v) is 14.3. The average molecular weight is 1090 g/mol. The molecule has 0 fully saturated rings. The number of carbonyl (C=O) groups excluding carboxylic acids is 3. The van der Waals surface area contributed by atoms with Gasteiger partial charge in [0.2, 0.25) is 0 Å². The van der Waals surface area contributed by atoms with Crippen LogP contribution in [0.5, 0.6) is 0 Å². The highest BCUT2D eigenvalue weighted by Crippen LogP contribution is 2.16. The molecule has 0 aromatic rings. The van der Waals surface area contributed by atoms with Gasteiger partial charge in [-0.1, -0.05) is 279 Å². The van der Waals surface area contributed by atoms with Crippen molar-refractivity contribution in [3.63, 3.8) is 0 Å². The molecule has 1 unspecified atom stereocenters. The number of ether oxygens (including phenoxy) is 3. The maximum atomic E-state index is 12.9. The maximum absolute atomic E-state index is 12.9. The molecule has 0 N–H and O–H groups in total. The van der Waals surface area contributed by atoms with Crippen LogP contribution in [-0.4, -0.2) is 37.2 Å². The lowest BCUT2D eigenvalue weighted by Gasteiger charge is -2.18. The number of allylic oxidation sites excluding steroid dienone is 16. The molecule has 0 aromatic carbocycles. The monoisotopic (exact) mass is 1080 g/mol. The zero-order valence-corrected chi connectivity index (χ0v) is 51.4. The first-order valence-electron chi connectivity index (χ1n) is 33.2. The van der Waals surface area contributed by atoms with Crippen LogP contribution in [0.4, 0.5) is 0 Å². The summed E-state index contributed by atoms with van der Waals surface area (Å²) in [6.45, 7) is 6.51. The zero-order valence-electron chi connectivity index (χ0n) is 51.4. The first-order valence-corrected chi connectivity index (χ1v) is 33.2. The third kappa shape index (κ3) is 63.2. The number of carbonyl (C=O) groups is 3. The number of esters is 3. The van der Waals surface area contributed by atoms with Gasteiger partial charge in [0.05, 0.1) is 0 Å². The van der Waals surface area contributed by atoms with Crippen molar-refractivity contribution in [3.05, 3.63) is 97.2 Å². The average Bonchev–Trinajstić information content (AvgIpc) is 3.44. The van der Waals surface area contributed by atoms with Crippen molar-refractivity contribution in [2.24, 2.45) is 0 Å². The lowest BCUT2D eigenvalue weighted by atomic mass is 10.0. The molecule has 0 amide bonds. The second kappa shape index (κ2) is 65.8. The van der Waals surface area contributed by atoms with Crippen molar-refractivity contribution in [1.82, 2.24) is 0 Å². The molecule has 6 nitrogen and oxygen atoms in total. The smallest absolute Gasteiger partial charge is 0.306 e. The molecule has 0 rings (SSSR count). The molecule has 0 aliphatic rings. The summed E-state index contributed by atoms with van der Waals surface area (Å²) in [6.07, 6.45) is 88.4. The summed E-state index contributed by atoms with van der Waals surface area (Å²) in [7, 11) is 0. The minimum absolute atomic E-state index is 0.0876. The van der Waals surface area contributed by atoms with E-state index in [2.05, 4.69) is 118 Å². The molecule has 1 atom stereocenters. The highest BCUT2D eigenvalue weighted by atomic mass is 16.6. The van der Waals surface area contributed by atoms with Gasteiger partial charge in [-0.2, -0.15) is 0 Å². The molecule has 448 valence electrons. The van der Waals surface area contributed by atoms with Gasteiger partial charge >= 0.3 is 17.9 Å². The van der Waals surface area contributed by atoms with Crippen molar-refractivity contribution in [1.29, 1.82) is 0 Å². The second-order valence-electron chi connectivity index (χ2n) is 22.0. The highest BCUT2D eigenvalue weighted by molar-refractivity contribution is 5.71. The second-order valence-corrected chi connectivity index (χ2v) is 22.0. The van der Waals surface area contributed by atoms with Gasteiger partial charge in [-0.05, 0) is 122 Å². The van der Waals surface area contributed by atoms with Gasteiger partial charge in [0.25, 0.3) is 0 Å². The molecule has 0 radical (unpaired) electrons. The topological polar surface area (TPSA) is 78.9 Å². The Morgan fingerprint density at radius 1 is 0.269 bits per heavy atom. The van der Waals surface area contributed by atoms with Crippen molar-refractivity contribution >= 4 is 17.9 Å². The Morgan fingerprint density at radius 3 is 0.795 bits per heavy atom. The minimum atomic E-state index is -0.794. The molecule has 0 aliphatic carbocycles. The summed E-state index contributed by atoms with van der Waals surface area (Å²) < 4.78 is 16.9. The quantitative estimate of drug-likeness (QED) is 0.0261. The van der Waals surface area contributed by atoms with E-state index in [9.17, 15) is 14.4 Å². The van der Waals surface area contributed by atoms with Gasteiger partial charge in [0.15, 0.2) is 6.10 Å². The van der Waals surface area contributed by atoms with Crippen LogP contribution in [0.15, 0.2) is 97.2 Å². The van der Waals surface area contributed by atoms with E-state index in [1.54, 1.807) is 0 Å². The number of hydrogen-bond acceptors (Lipinski definition) is 6. The number of hydrogen-bond donors (Lipinski definition) is 0. The molecule has 0 aromatic heterocycles. The van der Waals surface area contributed by atoms with Crippen LogP contribution in [0.25, 0.3) is 0 Å². The van der Waals surface area contributed by atoms with Crippen LogP contribution in [0.3, 0.4) is 0 Å². The summed E-state index contributed by atoms with van der Waals surface area (Å²) >= 11 is 0. The van der Waals surface area contributed by atoms with E-state index >= 15 is 0 Å². The van der Waals surface area contributed by atoms with Gasteiger partial charge < -0.3 is 14.2 Å². The van der Waals surface area contributed by atoms with Gasteiger partial charge in [-0.15, -0.1) is 0 Å². The Labute approximate surface area is 483 Å². The molecular weight excluding hydrogens is 961 g/mol. The van der Waals surface area contributed by atoms with E-state index in [-0.39, 0.29) is 31.1 Å². The minimum Gasteiger partial charge on any atom is -0.462 e. The van der Waals surface area contributed by atoms with Gasteiger partial charge in [-0.25, -0.2) is 0 Å². The van der Waals surface area contributed by atoms with Crippen LogP contribution >= 0.6 is 0 Å². The molecule has 0 saturated carbocycles. The summed E-state index contributed by atoms with van der Waals surface area (Å²) in [6, 6.07) is 0. The maximum Gasteiger partial charge on any atom is 0.306 e. The lowest BCUT2D eigenvalue weighted by molar-refractivity contribution is -0.167. The summed E-state index contributed by atoms with van der Waals surface area (Å²) in [4.78, 5) is 38.4. The van der Waals surface area contributed by atoms with E-state index in [4.69, 9.17) is 14.2 Å². The number of rotatable bonds is 60. The van der Waals surface area contributed by atoms with E-state index < -0.39 is 6.10 Å². The molecule has 0 bridgehead atoms. The van der Waals surface area contributed by atoms with E-state index in [1.165, 1.54) is 161 Å². The fourth-order valence-electron chi connectivity index (χ4n) is 9.32. The van der Waals surface area contributed by atoms with Gasteiger partial charge in [0.1, 0.15) is 13.2 Å². The van der Waals surface area contributed by atoms with Crippen molar-refractivity contribution < 1.29 is 28.6 Å². The van der Waals surface area contributed by atoms with E-state index in [0.29, 0.717) is 19.3 Å². The van der Waals surface area contributed by atoms with E-state index in [0.717, 1.165) is 122 Å². The predicted octanol–water partition coefficient (Wildman–Crippen LogP) is 22.8. The Hall–Kier alpha value is -3.67. The van der Waals surface area contributed by atoms with Crippen LogP contribution in [-0.2, 0) is 28.6 Å². The SMILES string of the molecule is CC/C=C\C/C=C\C/C=C\C/C=C\C/C=C\CCCCCCCC(=O)OC(COC(=O)CCCCCCC/C=C\CCCCCCC)COC(=O)CCCCCCCCCCCCCCC/C=C\C/C=C\CCCCCCC. The van der Waals surface area contributed by atoms with Crippen LogP contribution in [0.1, 0.15) is 323 Å². The van der Waals surface area contributed by atoms with Crippen molar-refractivity contribution in [2.75, 3.05) is 13.2 Å². The Kier molecular flexibility index (Phi) is 62.7. The summed E-state index contributed by atoms with van der Waals surface area (Å²) in [5.41, 5.74) is 0. The first-order chi connectivity index (χ1) is 38.5. The van der Waals surface area contributed by atoms with Gasteiger partial charge in [-0.3, -0.25) is 14.4 Å². The van der Waals surface area contributed by atoms with Crippen molar-refractivity contribution in [2.45, 2.75) is 329 Å². The number of unbranched alkanes of at least 4 members (excludes halogenated alkanes) is 33. The van der Waals surface area contributed by atoms with Crippen LogP contribution in [0, 0.1) is 0 Å². The normalized spacial score (nSPS) is 12.7. The van der Waals surface area contributed by atoms with Gasteiger partial charge in [0, 0.05) is 19.3 Å². The molecule has 0 heterocycles. The first kappa shape index (κ1) is 74.3. The Morgan fingerprint density at radius 2 is 0.500 bits per heavy atom. The highest BCUT2D eigenvalue weighted by Gasteiger charge is 2.19. The van der Waals surface area contributed by atoms with E-state index in [1.807, 2.05) is 0 Å². The standard InChI is InChI=1S/C72H124O6/c1-4-7-10-13-16-19-22-25-28-30-32-34-35-36-37-39-40-42-44-47-50-53-56-59-62-65-71(74)77-68-69(67-76-70(73)64-61-58-55-52-49-46-27-24-21-18-15-12-9-6-3)78-72(75)66-63-60-57-54-51-48-45-43-41-38-33-31-29-26-23-20-17-14-11-8-5-2/h8,11,17,20,22,24-27,29-30,32-33,38,43,45,69H,4-7,9-10,12-16,18-19,21,23,28,31,34-37,39-42,44,46-68H2,1-3H3/b11-8-,20-17-,25-22-,27-24-,29-26-,32-30-,38-33-,45-43-. The summed E-state index contributed by atoms with van der Waals surface area (Å²) in [5.74, 6) is -0.905. The zero-order chi connectivity index (χ0) is 56.4. The molecule has 0 aliphatic heterocycles. The Balaban J connectivity index is 4.36. The fourth-order valence-corrected chi connectivity index (χ4v) is 9.32. The molecule has 0 spiro atoms. The summed E-state index contributed by atoms with van der Waals surface area (Å²) in [5, 5.41) is 0. The molecule has 78 heavy (non-hydrogen) atoms. The van der Waals surface area contributed by atoms with Crippen LogP contribution in [0.2, 0.25) is 0 Å². The molecule has 6 heteroatoms. The predicted molar refractivity (Wildman–Crippen MR) is 339 cm³/mol. The fraction of sp³-hybridized carbons (Fsp3) is 0.736. The third-order valence-electron chi connectivity index (χ3n) is 14.3. The van der Waals surface area contributed by atoms with Crippen LogP contribution < -0.4 is 0 Å². The molecular formula is C72H124O6. The molecule has 0 saturated heterocycles. The Bertz CT molecular complexity index is 1530. The largest absolute Gasteiger partial charge is 0.462 e. The van der Waals surface area contributed by atoms with Crippen molar-refractivity contribution in [3.8, 4) is 0 Å². The lowest BCUT2D eigenvalue weighted by Crippen LogP contribution is -2.30.